The van der Waals surface area contributed by atoms with Gasteiger partial charge in [-0.05, 0) is 19.8 Å². The van der Waals surface area contributed by atoms with Crippen molar-refractivity contribution in [3.8, 4) is 0 Å². The third kappa shape index (κ3) is 5.56. The van der Waals surface area contributed by atoms with Crippen LogP contribution >= 0.6 is 0 Å². The Morgan fingerprint density at radius 3 is 2.47 bits per heavy atom. The number of urea groups is 1. The monoisotopic (exact) mass is 273 g/mol. The van der Waals surface area contributed by atoms with Gasteiger partial charge < -0.3 is 25.8 Å². The number of aliphatic carboxylic acids is 1. The quantitative estimate of drug-likeness (QED) is 0.477. The molecule has 8 heteroatoms. The van der Waals surface area contributed by atoms with Gasteiger partial charge in [-0.2, -0.15) is 0 Å². The maximum absolute atomic E-state index is 11.6. The smallest absolute Gasteiger partial charge is 0.334 e. The lowest BCUT2D eigenvalue weighted by atomic mass is 10.3. The van der Waals surface area contributed by atoms with E-state index >= 15 is 0 Å². The Morgan fingerprint density at radius 2 is 2.00 bits per heavy atom. The summed E-state index contributed by atoms with van der Waals surface area (Å²) in [6.45, 7) is 1.39. The summed E-state index contributed by atoms with van der Waals surface area (Å²) < 4.78 is 4.65. The fourth-order valence-corrected chi connectivity index (χ4v) is 1.32. The van der Waals surface area contributed by atoms with Gasteiger partial charge in [0.05, 0.1) is 6.54 Å². The Morgan fingerprint density at radius 1 is 1.37 bits per heavy atom. The average Bonchev–Trinajstić information content (AvgIpc) is 3.13. The SMILES string of the molecule is COC(CNC(=O)NC(C)C(=O)NC1CC1)C(=O)O. The number of carbonyl (C=O) groups is 3. The second-order valence-electron chi connectivity index (χ2n) is 4.42. The largest absolute Gasteiger partial charge is 0.479 e. The molecule has 108 valence electrons. The molecule has 0 radical (unpaired) electrons. The second kappa shape index (κ2) is 6.93. The predicted octanol–water partition coefficient (Wildman–Crippen LogP) is -0.948. The van der Waals surface area contributed by atoms with E-state index in [0.29, 0.717) is 0 Å². The number of methoxy groups -OCH3 is 1. The van der Waals surface area contributed by atoms with Crippen molar-refractivity contribution in [2.75, 3.05) is 13.7 Å². The fourth-order valence-electron chi connectivity index (χ4n) is 1.32. The lowest BCUT2D eigenvalue weighted by Crippen LogP contribution is -2.50. The Hall–Kier alpha value is -1.83. The van der Waals surface area contributed by atoms with Crippen LogP contribution in [0.25, 0.3) is 0 Å². The maximum atomic E-state index is 11.6. The second-order valence-corrected chi connectivity index (χ2v) is 4.42. The molecule has 0 bridgehead atoms. The molecule has 0 aromatic carbocycles. The van der Waals surface area contributed by atoms with Gasteiger partial charge in [-0.25, -0.2) is 9.59 Å². The van der Waals surface area contributed by atoms with Crippen LogP contribution in [0.3, 0.4) is 0 Å². The first-order valence-corrected chi connectivity index (χ1v) is 6.04. The summed E-state index contributed by atoms with van der Waals surface area (Å²) in [5.74, 6) is -1.42. The van der Waals surface area contributed by atoms with Crippen molar-refractivity contribution in [3.63, 3.8) is 0 Å². The van der Waals surface area contributed by atoms with Crippen molar-refractivity contribution in [1.82, 2.24) is 16.0 Å². The van der Waals surface area contributed by atoms with Crippen molar-refractivity contribution in [3.05, 3.63) is 0 Å². The van der Waals surface area contributed by atoms with Gasteiger partial charge in [0, 0.05) is 13.2 Å². The van der Waals surface area contributed by atoms with Crippen molar-refractivity contribution in [2.24, 2.45) is 0 Å². The summed E-state index contributed by atoms with van der Waals surface area (Å²) in [6, 6.07) is -1.06. The molecule has 1 aliphatic carbocycles. The van der Waals surface area contributed by atoms with Crippen LogP contribution in [-0.4, -0.2) is 54.9 Å². The molecule has 1 saturated carbocycles. The molecule has 2 atom stereocenters. The fraction of sp³-hybridized carbons (Fsp3) is 0.727. The van der Waals surface area contributed by atoms with Crippen LogP contribution in [0.2, 0.25) is 0 Å². The summed E-state index contributed by atoms with van der Waals surface area (Å²) in [5.41, 5.74) is 0. The zero-order valence-electron chi connectivity index (χ0n) is 10.9. The maximum Gasteiger partial charge on any atom is 0.334 e. The normalized spacial score (nSPS) is 17.2. The minimum absolute atomic E-state index is 0.172. The molecule has 1 aliphatic rings. The number of carbonyl (C=O) groups excluding carboxylic acids is 2. The van der Waals surface area contributed by atoms with E-state index in [1.807, 2.05) is 0 Å². The summed E-state index contributed by atoms with van der Waals surface area (Å²) in [6.07, 6.45) is 0.832. The van der Waals surface area contributed by atoms with Crippen molar-refractivity contribution < 1.29 is 24.2 Å². The summed E-state index contributed by atoms with van der Waals surface area (Å²) in [7, 11) is 1.24. The minimum Gasteiger partial charge on any atom is -0.479 e. The highest BCUT2D eigenvalue weighted by molar-refractivity contribution is 5.87. The minimum atomic E-state index is -1.16. The number of nitrogens with one attached hydrogen (secondary N) is 3. The molecule has 0 aromatic rings. The van der Waals surface area contributed by atoms with Gasteiger partial charge in [0.15, 0.2) is 6.10 Å². The highest BCUT2D eigenvalue weighted by Gasteiger charge is 2.26. The van der Waals surface area contributed by atoms with Crippen molar-refractivity contribution in [1.29, 1.82) is 0 Å². The van der Waals surface area contributed by atoms with E-state index in [0.717, 1.165) is 12.8 Å². The van der Waals surface area contributed by atoms with E-state index in [1.54, 1.807) is 6.92 Å². The summed E-state index contributed by atoms with van der Waals surface area (Å²) in [4.78, 5) is 33.7. The van der Waals surface area contributed by atoms with Crippen LogP contribution in [0.4, 0.5) is 4.79 Å². The first-order chi connectivity index (χ1) is 8.93. The topological polar surface area (TPSA) is 117 Å². The number of rotatable bonds is 7. The van der Waals surface area contributed by atoms with Crippen molar-refractivity contribution >= 4 is 17.9 Å². The molecule has 3 amide bonds. The molecule has 0 heterocycles. The zero-order chi connectivity index (χ0) is 14.4. The summed E-state index contributed by atoms with van der Waals surface area (Å²) >= 11 is 0. The molecule has 4 N–H and O–H groups in total. The van der Waals surface area contributed by atoms with Gasteiger partial charge in [-0.1, -0.05) is 0 Å². The summed E-state index contributed by atoms with van der Waals surface area (Å²) in [5, 5.41) is 16.2. The molecule has 8 nitrogen and oxygen atoms in total. The number of amides is 3. The number of ether oxygens (including phenoxy) is 1. The Balaban J connectivity index is 2.25. The third-order valence-corrected chi connectivity index (χ3v) is 2.67. The van der Waals surface area contributed by atoms with Crippen LogP contribution in [-0.2, 0) is 14.3 Å². The molecule has 1 rings (SSSR count). The first-order valence-electron chi connectivity index (χ1n) is 6.04. The molecule has 19 heavy (non-hydrogen) atoms. The van der Waals surface area contributed by atoms with E-state index in [9.17, 15) is 14.4 Å². The van der Waals surface area contributed by atoms with Crippen LogP contribution in [0.15, 0.2) is 0 Å². The lowest BCUT2D eigenvalue weighted by molar-refractivity contribution is -0.148. The molecule has 0 saturated heterocycles. The molecular formula is C11H19N3O5. The van der Waals surface area contributed by atoms with E-state index in [1.165, 1.54) is 7.11 Å². The predicted molar refractivity (Wildman–Crippen MR) is 65.6 cm³/mol. The highest BCUT2D eigenvalue weighted by atomic mass is 16.5. The van der Waals surface area contributed by atoms with Gasteiger partial charge in [0.2, 0.25) is 5.91 Å². The Labute approximate surface area is 110 Å². The van der Waals surface area contributed by atoms with Crippen molar-refractivity contribution in [2.45, 2.75) is 38.0 Å². The lowest BCUT2D eigenvalue weighted by Gasteiger charge is -2.16. The van der Waals surface area contributed by atoms with Gasteiger partial charge in [0.1, 0.15) is 6.04 Å². The number of hydrogen-bond donors (Lipinski definition) is 4. The molecule has 1 fully saturated rings. The van der Waals surface area contributed by atoms with Crippen LogP contribution in [0, 0.1) is 0 Å². The molecule has 2 unspecified atom stereocenters. The van der Waals surface area contributed by atoms with E-state index in [4.69, 9.17) is 5.11 Å². The van der Waals surface area contributed by atoms with Gasteiger partial charge in [0.25, 0.3) is 0 Å². The third-order valence-electron chi connectivity index (χ3n) is 2.67. The van der Waals surface area contributed by atoms with E-state index < -0.39 is 24.1 Å². The first kappa shape index (κ1) is 15.2. The number of carboxylic acid groups (broad SMARTS) is 1. The number of hydrogen-bond acceptors (Lipinski definition) is 4. The van der Waals surface area contributed by atoms with E-state index in [2.05, 4.69) is 20.7 Å². The number of carboxylic acids is 1. The molecule has 0 aliphatic heterocycles. The highest BCUT2D eigenvalue weighted by Crippen LogP contribution is 2.18. The molecular weight excluding hydrogens is 254 g/mol. The van der Waals surface area contributed by atoms with Gasteiger partial charge in [-0.3, -0.25) is 4.79 Å². The van der Waals surface area contributed by atoms with Crippen LogP contribution < -0.4 is 16.0 Å². The van der Waals surface area contributed by atoms with E-state index in [-0.39, 0.29) is 18.5 Å². The average molecular weight is 273 g/mol. The van der Waals surface area contributed by atoms with Gasteiger partial charge in [-0.15, -0.1) is 0 Å². The Kier molecular flexibility index (Phi) is 5.56. The van der Waals surface area contributed by atoms with Crippen LogP contribution in [0.5, 0.6) is 0 Å². The zero-order valence-corrected chi connectivity index (χ0v) is 10.9. The molecule has 0 aromatic heterocycles. The standard InChI is InChI=1S/C11H19N3O5/c1-6(9(15)14-7-3-4-7)13-11(18)12-5-8(19-2)10(16)17/h6-8H,3-5H2,1-2H3,(H,14,15)(H,16,17)(H2,12,13,18). The molecule has 0 spiro atoms. The van der Waals surface area contributed by atoms with Crippen LogP contribution in [0.1, 0.15) is 19.8 Å². The Bertz CT molecular complexity index is 356. The van der Waals surface area contributed by atoms with Gasteiger partial charge >= 0.3 is 12.0 Å².